The Morgan fingerprint density at radius 3 is 2.88 bits per heavy atom. The Hall–Kier alpha value is -1.96. The van der Waals surface area contributed by atoms with Crippen molar-refractivity contribution in [2.75, 3.05) is 6.73 Å². The highest BCUT2D eigenvalue weighted by Crippen LogP contribution is 2.26. The van der Waals surface area contributed by atoms with Crippen molar-refractivity contribution in [2.45, 2.75) is 6.54 Å². The number of hydrogen-bond acceptors (Lipinski definition) is 2. The predicted molar refractivity (Wildman–Crippen MR) is 66.0 cm³/mol. The molecule has 0 fully saturated rings. The van der Waals surface area contributed by atoms with E-state index in [1.54, 1.807) is 6.08 Å². The van der Waals surface area contributed by atoms with Crippen LogP contribution in [0.15, 0.2) is 61.3 Å². The van der Waals surface area contributed by atoms with Crippen LogP contribution < -0.4 is 4.74 Å². The first-order valence-corrected chi connectivity index (χ1v) is 5.26. The minimum atomic E-state index is 0.558. The minimum absolute atomic E-state index is 0.558. The monoisotopic (exact) mass is 213 g/mol. The normalized spacial score (nSPS) is 15.0. The number of benzene rings is 1. The van der Waals surface area contributed by atoms with Gasteiger partial charge in [-0.15, -0.1) is 0 Å². The summed E-state index contributed by atoms with van der Waals surface area (Å²) in [6, 6.07) is 8.09. The van der Waals surface area contributed by atoms with Crippen LogP contribution in [-0.2, 0) is 6.54 Å². The van der Waals surface area contributed by atoms with E-state index in [0.717, 1.165) is 18.0 Å². The molecule has 1 aliphatic heterocycles. The lowest BCUT2D eigenvalue weighted by Crippen LogP contribution is -2.30. The molecule has 0 saturated heterocycles. The van der Waals surface area contributed by atoms with Crippen LogP contribution >= 0.6 is 0 Å². The summed E-state index contributed by atoms with van der Waals surface area (Å²) in [7, 11) is 0. The van der Waals surface area contributed by atoms with E-state index >= 15 is 0 Å². The third-order valence-electron chi connectivity index (χ3n) is 2.57. The molecule has 0 unspecified atom stereocenters. The molecule has 0 aliphatic carbocycles. The summed E-state index contributed by atoms with van der Waals surface area (Å²) < 4.78 is 5.67. The molecule has 1 aromatic carbocycles. The largest absolute Gasteiger partial charge is 0.473 e. The van der Waals surface area contributed by atoms with E-state index in [-0.39, 0.29) is 0 Å². The number of rotatable bonds is 3. The first-order chi connectivity index (χ1) is 7.85. The van der Waals surface area contributed by atoms with Gasteiger partial charge < -0.3 is 9.64 Å². The highest BCUT2D eigenvalue weighted by molar-refractivity contribution is 5.35. The third kappa shape index (κ3) is 2.01. The predicted octanol–water partition coefficient (Wildman–Crippen LogP) is 3.09. The molecular formula is C14H15NO. The molecule has 0 saturated carbocycles. The summed E-state index contributed by atoms with van der Waals surface area (Å²) in [5, 5.41) is 0. The molecule has 82 valence electrons. The Balaban J connectivity index is 2.22. The van der Waals surface area contributed by atoms with Gasteiger partial charge in [0.15, 0.2) is 6.73 Å². The number of fused-ring (bicyclic) bond motifs is 1. The number of hydrogen-bond donors (Lipinski definition) is 0. The first kappa shape index (κ1) is 10.6. The van der Waals surface area contributed by atoms with Crippen molar-refractivity contribution in [3.05, 3.63) is 66.9 Å². The molecule has 0 amide bonds. The average Bonchev–Trinajstić information content (AvgIpc) is 2.35. The first-order valence-electron chi connectivity index (χ1n) is 5.26. The lowest BCUT2D eigenvalue weighted by Gasteiger charge is -2.31. The molecule has 0 radical (unpaired) electrons. The standard InChI is InChI=1S/C14H15NO/c1-3-7-13(4-2)15-10-12-8-5-6-9-14(12)16-11-15/h3-9H,1-2,10-11H2/b13-7+. The van der Waals surface area contributed by atoms with E-state index < -0.39 is 0 Å². The van der Waals surface area contributed by atoms with E-state index in [1.807, 2.05) is 30.4 Å². The quantitative estimate of drug-likeness (QED) is 0.715. The van der Waals surface area contributed by atoms with Crippen molar-refractivity contribution in [2.24, 2.45) is 0 Å². The van der Waals surface area contributed by atoms with E-state index in [0.29, 0.717) is 6.73 Å². The maximum atomic E-state index is 5.67. The van der Waals surface area contributed by atoms with Gasteiger partial charge >= 0.3 is 0 Å². The molecule has 1 aromatic rings. The Kier molecular flexibility index (Phi) is 3.10. The van der Waals surface area contributed by atoms with E-state index in [1.165, 1.54) is 5.56 Å². The van der Waals surface area contributed by atoms with E-state index in [2.05, 4.69) is 24.1 Å². The molecule has 0 spiro atoms. The summed E-state index contributed by atoms with van der Waals surface area (Å²) in [5.74, 6) is 0.973. The molecule has 2 heteroatoms. The van der Waals surface area contributed by atoms with Gasteiger partial charge in [-0.1, -0.05) is 37.4 Å². The van der Waals surface area contributed by atoms with Crippen molar-refractivity contribution in [1.82, 2.24) is 4.90 Å². The van der Waals surface area contributed by atoms with Crippen molar-refractivity contribution in [3.63, 3.8) is 0 Å². The van der Waals surface area contributed by atoms with Crippen molar-refractivity contribution < 1.29 is 4.74 Å². The van der Waals surface area contributed by atoms with Gasteiger partial charge in [0.25, 0.3) is 0 Å². The fourth-order valence-electron chi connectivity index (χ4n) is 1.76. The molecule has 1 aliphatic rings. The van der Waals surface area contributed by atoms with Gasteiger partial charge in [-0.05, 0) is 18.2 Å². The molecule has 2 nitrogen and oxygen atoms in total. The molecule has 2 rings (SSSR count). The molecule has 0 aromatic heterocycles. The SMILES string of the molecule is C=C/C=C(\C=C)N1COc2ccccc2C1. The van der Waals surface area contributed by atoms with Gasteiger partial charge in [0.05, 0.1) is 0 Å². The molecule has 0 N–H and O–H groups in total. The van der Waals surface area contributed by atoms with Gasteiger partial charge in [0, 0.05) is 17.8 Å². The Morgan fingerprint density at radius 2 is 2.12 bits per heavy atom. The maximum absolute atomic E-state index is 5.67. The second-order valence-electron chi connectivity index (χ2n) is 3.61. The van der Waals surface area contributed by atoms with Crippen LogP contribution in [0.1, 0.15) is 5.56 Å². The highest BCUT2D eigenvalue weighted by Gasteiger charge is 2.16. The Labute approximate surface area is 96.1 Å². The zero-order valence-electron chi connectivity index (χ0n) is 9.23. The number of ether oxygens (including phenoxy) is 1. The third-order valence-corrected chi connectivity index (χ3v) is 2.57. The maximum Gasteiger partial charge on any atom is 0.161 e. The smallest absolute Gasteiger partial charge is 0.161 e. The summed E-state index contributed by atoms with van der Waals surface area (Å²) >= 11 is 0. The second-order valence-corrected chi connectivity index (χ2v) is 3.61. The topological polar surface area (TPSA) is 12.5 Å². The summed E-state index contributed by atoms with van der Waals surface area (Å²) in [6.07, 6.45) is 5.51. The zero-order chi connectivity index (χ0) is 11.4. The van der Waals surface area contributed by atoms with Crippen LogP contribution in [0.25, 0.3) is 0 Å². The fourth-order valence-corrected chi connectivity index (χ4v) is 1.76. The Morgan fingerprint density at radius 1 is 1.31 bits per heavy atom. The van der Waals surface area contributed by atoms with Crippen molar-refractivity contribution >= 4 is 0 Å². The van der Waals surface area contributed by atoms with Crippen LogP contribution in [-0.4, -0.2) is 11.6 Å². The molecular weight excluding hydrogens is 198 g/mol. The van der Waals surface area contributed by atoms with Gasteiger partial charge in [-0.25, -0.2) is 0 Å². The van der Waals surface area contributed by atoms with E-state index in [4.69, 9.17) is 4.74 Å². The van der Waals surface area contributed by atoms with Crippen LogP contribution in [0.4, 0.5) is 0 Å². The lowest BCUT2D eigenvalue weighted by molar-refractivity contribution is 0.132. The van der Waals surface area contributed by atoms with Crippen LogP contribution in [0.5, 0.6) is 5.75 Å². The lowest BCUT2D eigenvalue weighted by atomic mass is 10.1. The van der Waals surface area contributed by atoms with E-state index in [9.17, 15) is 0 Å². The summed E-state index contributed by atoms with van der Waals surface area (Å²) in [4.78, 5) is 2.12. The second kappa shape index (κ2) is 4.71. The van der Waals surface area contributed by atoms with Gasteiger partial charge in [0.1, 0.15) is 5.75 Å². The number of allylic oxidation sites excluding steroid dienone is 3. The van der Waals surface area contributed by atoms with Crippen LogP contribution in [0.2, 0.25) is 0 Å². The molecule has 0 atom stereocenters. The Bertz CT molecular complexity index is 434. The number of para-hydroxylation sites is 1. The minimum Gasteiger partial charge on any atom is -0.473 e. The summed E-state index contributed by atoms with van der Waals surface area (Å²) in [5.41, 5.74) is 2.23. The zero-order valence-corrected chi connectivity index (χ0v) is 9.23. The fraction of sp³-hybridized carbons (Fsp3) is 0.143. The van der Waals surface area contributed by atoms with Gasteiger partial charge in [-0.2, -0.15) is 0 Å². The van der Waals surface area contributed by atoms with Crippen molar-refractivity contribution in [3.8, 4) is 5.75 Å². The number of nitrogens with zero attached hydrogens (tertiary/aromatic N) is 1. The van der Waals surface area contributed by atoms with Gasteiger partial charge in [-0.3, -0.25) is 0 Å². The molecule has 1 heterocycles. The highest BCUT2D eigenvalue weighted by atomic mass is 16.5. The molecule has 16 heavy (non-hydrogen) atoms. The van der Waals surface area contributed by atoms with Crippen LogP contribution in [0.3, 0.4) is 0 Å². The van der Waals surface area contributed by atoms with Crippen LogP contribution in [0, 0.1) is 0 Å². The summed E-state index contributed by atoms with van der Waals surface area (Å²) in [6.45, 7) is 8.90. The van der Waals surface area contributed by atoms with Crippen molar-refractivity contribution in [1.29, 1.82) is 0 Å². The average molecular weight is 213 g/mol. The van der Waals surface area contributed by atoms with Gasteiger partial charge in [0.2, 0.25) is 0 Å². The molecule has 0 bridgehead atoms.